The molecule has 0 radical (unpaired) electrons. The molecule has 2 aliphatic rings. The molecule has 2 fully saturated rings. The molecule has 18 heavy (non-hydrogen) atoms. The third-order valence-electron chi connectivity index (χ3n) is 3.60. The van der Waals surface area contributed by atoms with Crippen LogP contribution in [0.25, 0.3) is 0 Å². The van der Waals surface area contributed by atoms with Crippen molar-refractivity contribution < 1.29 is 9.53 Å². The number of cyclic esters (lactones) is 1. The van der Waals surface area contributed by atoms with Crippen molar-refractivity contribution in [1.29, 1.82) is 0 Å². The van der Waals surface area contributed by atoms with Gasteiger partial charge < -0.3 is 10.1 Å². The maximum absolute atomic E-state index is 12.0. The fourth-order valence-electron chi connectivity index (χ4n) is 2.59. The average Bonchev–Trinajstić information content (AvgIpc) is 2.99. The van der Waals surface area contributed by atoms with Crippen molar-refractivity contribution in [2.45, 2.75) is 12.5 Å². The van der Waals surface area contributed by atoms with Crippen molar-refractivity contribution in [3.8, 4) is 0 Å². The fourth-order valence-corrected chi connectivity index (χ4v) is 3.09. The van der Waals surface area contributed by atoms with Gasteiger partial charge in [-0.2, -0.15) is 0 Å². The van der Waals surface area contributed by atoms with Crippen molar-refractivity contribution in [1.82, 2.24) is 5.32 Å². The third-order valence-corrected chi connectivity index (χ3v) is 4.27. The Morgan fingerprint density at radius 2 is 2.22 bits per heavy atom. The number of anilines is 1. The maximum atomic E-state index is 12.0. The number of amides is 1. The number of carbonyl (C=O) groups is 1. The molecule has 3 rings (SSSR count). The first kappa shape index (κ1) is 12.0. The summed E-state index contributed by atoms with van der Waals surface area (Å²) >= 11 is 3.48. The van der Waals surface area contributed by atoms with E-state index < -0.39 is 0 Å². The van der Waals surface area contributed by atoms with Gasteiger partial charge in [0.25, 0.3) is 0 Å². The van der Waals surface area contributed by atoms with Gasteiger partial charge in [0.2, 0.25) is 0 Å². The molecule has 2 heterocycles. The van der Waals surface area contributed by atoms with E-state index in [1.54, 1.807) is 4.90 Å². The van der Waals surface area contributed by atoms with E-state index in [2.05, 4.69) is 21.2 Å². The van der Waals surface area contributed by atoms with E-state index in [4.69, 9.17) is 4.74 Å². The Labute approximate surface area is 114 Å². The number of hydrogen-bond acceptors (Lipinski definition) is 3. The van der Waals surface area contributed by atoms with Crippen molar-refractivity contribution in [2.75, 3.05) is 24.5 Å². The third kappa shape index (κ3) is 2.12. The molecule has 4 nitrogen and oxygen atoms in total. The summed E-state index contributed by atoms with van der Waals surface area (Å²) in [5.41, 5.74) is 0.885. The molecular weight excluding hydrogens is 296 g/mol. The summed E-state index contributed by atoms with van der Waals surface area (Å²) in [6.07, 6.45) is 0.861. The van der Waals surface area contributed by atoms with E-state index in [0.717, 1.165) is 29.7 Å². The molecule has 2 aliphatic heterocycles. The highest BCUT2D eigenvalue weighted by Crippen LogP contribution is 2.31. The van der Waals surface area contributed by atoms with Crippen LogP contribution in [0.2, 0.25) is 0 Å². The van der Waals surface area contributed by atoms with Gasteiger partial charge in [0.15, 0.2) is 0 Å². The molecule has 1 N–H and O–H groups in total. The van der Waals surface area contributed by atoms with E-state index in [1.165, 1.54) is 0 Å². The smallest absolute Gasteiger partial charge is 0.414 e. The van der Waals surface area contributed by atoms with E-state index in [0.29, 0.717) is 12.5 Å². The predicted octanol–water partition coefficient (Wildman–Crippen LogP) is 2.38. The summed E-state index contributed by atoms with van der Waals surface area (Å²) in [5, 5.41) is 3.31. The van der Waals surface area contributed by atoms with Crippen molar-refractivity contribution >= 4 is 27.7 Å². The van der Waals surface area contributed by atoms with E-state index in [9.17, 15) is 4.79 Å². The topological polar surface area (TPSA) is 41.6 Å². The summed E-state index contributed by atoms with van der Waals surface area (Å²) in [4.78, 5) is 13.7. The molecule has 0 spiro atoms. The number of rotatable bonds is 2. The van der Waals surface area contributed by atoms with Crippen LogP contribution >= 0.6 is 15.9 Å². The lowest BCUT2D eigenvalue weighted by Crippen LogP contribution is -2.28. The zero-order chi connectivity index (χ0) is 12.5. The molecule has 2 unspecified atom stereocenters. The molecule has 96 valence electrons. The van der Waals surface area contributed by atoms with E-state index in [1.807, 2.05) is 24.3 Å². The zero-order valence-corrected chi connectivity index (χ0v) is 11.5. The highest BCUT2D eigenvalue weighted by molar-refractivity contribution is 9.10. The van der Waals surface area contributed by atoms with E-state index >= 15 is 0 Å². The maximum Gasteiger partial charge on any atom is 0.414 e. The summed E-state index contributed by atoms with van der Waals surface area (Å²) < 4.78 is 6.42. The molecule has 0 aliphatic carbocycles. The number of hydrogen-bond donors (Lipinski definition) is 1. The molecule has 0 bridgehead atoms. The first-order valence-corrected chi connectivity index (χ1v) is 6.98. The number of carbonyl (C=O) groups excluding carboxylic acids is 1. The second-order valence-corrected chi connectivity index (χ2v) is 5.59. The predicted molar refractivity (Wildman–Crippen MR) is 72.7 cm³/mol. The monoisotopic (exact) mass is 310 g/mol. The lowest BCUT2D eigenvalue weighted by molar-refractivity contribution is 0.111. The van der Waals surface area contributed by atoms with E-state index in [-0.39, 0.29) is 12.2 Å². The molecule has 5 heteroatoms. The average molecular weight is 311 g/mol. The Morgan fingerprint density at radius 3 is 2.94 bits per heavy atom. The van der Waals surface area contributed by atoms with Crippen LogP contribution in [0.3, 0.4) is 0 Å². The second kappa shape index (κ2) is 4.90. The Bertz CT molecular complexity index is 460. The minimum absolute atomic E-state index is 0.0135. The van der Waals surface area contributed by atoms with Crippen LogP contribution in [0.1, 0.15) is 6.42 Å². The molecule has 2 atom stereocenters. The summed E-state index contributed by atoms with van der Waals surface area (Å²) in [6.45, 7) is 2.61. The van der Waals surface area contributed by atoms with Gasteiger partial charge in [0.05, 0.1) is 12.2 Å². The van der Waals surface area contributed by atoms with Gasteiger partial charge in [-0.1, -0.05) is 12.1 Å². The Hall–Kier alpha value is -1.07. The number of para-hydroxylation sites is 1. The highest BCUT2D eigenvalue weighted by atomic mass is 79.9. The minimum atomic E-state index is -0.237. The van der Waals surface area contributed by atoms with Gasteiger partial charge in [-0.25, -0.2) is 4.79 Å². The summed E-state index contributed by atoms with van der Waals surface area (Å²) in [7, 11) is 0. The fraction of sp³-hybridized carbons (Fsp3) is 0.462. The quantitative estimate of drug-likeness (QED) is 0.912. The number of benzene rings is 1. The SMILES string of the molecule is O=C1OC(C2CCNC2)CN1c1ccccc1Br. The van der Waals surface area contributed by atoms with Crippen molar-refractivity contribution in [2.24, 2.45) is 5.92 Å². The Kier molecular flexibility index (Phi) is 3.26. The van der Waals surface area contributed by atoms with Gasteiger partial charge in [-0.3, -0.25) is 4.90 Å². The van der Waals surface area contributed by atoms with Gasteiger partial charge in [0, 0.05) is 16.9 Å². The Morgan fingerprint density at radius 1 is 1.39 bits per heavy atom. The molecular formula is C13H15BrN2O2. The molecule has 1 amide bonds. The first-order chi connectivity index (χ1) is 8.75. The van der Waals surface area contributed by atoms with Crippen molar-refractivity contribution in [3.05, 3.63) is 28.7 Å². The lowest BCUT2D eigenvalue weighted by atomic mass is 10.0. The molecule has 0 saturated carbocycles. The number of nitrogens with one attached hydrogen (secondary N) is 1. The summed E-state index contributed by atoms with van der Waals surface area (Å²) in [6, 6.07) is 7.73. The van der Waals surface area contributed by atoms with Crippen LogP contribution in [-0.2, 0) is 4.74 Å². The zero-order valence-electron chi connectivity index (χ0n) is 9.93. The molecule has 2 saturated heterocycles. The molecule has 1 aromatic carbocycles. The Balaban J connectivity index is 1.78. The summed E-state index contributed by atoms with van der Waals surface area (Å²) in [5.74, 6) is 0.446. The van der Waals surface area contributed by atoms with Crippen molar-refractivity contribution in [3.63, 3.8) is 0 Å². The standard InChI is InChI=1S/C13H15BrN2O2/c14-10-3-1-2-4-11(10)16-8-12(18-13(16)17)9-5-6-15-7-9/h1-4,9,12,15H,5-8H2. The van der Waals surface area contributed by atoms with Gasteiger partial charge in [0.1, 0.15) is 6.10 Å². The van der Waals surface area contributed by atoms with Crippen LogP contribution in [-0.4, -0.2) is 31.8 Å². The number of nitrogens with zero attached hydrogens (tertiary/aromatic N) is 1. The lowest BCUT2D eigenvalue weighted by Gasteiger charge is -2.16. The van der Waals surface area contributed by atoms with Crippen LogP contribution in [0, 0.1) is 5.92 Å². The van der Waals surface area contributed by atoms with Gasteiger partial charge >= 0.3 is 6.09 Å². The van der Waals surface area contributed by atoms with Gasteiger partial charge in [-0.15, -0.1) is 0 Å². The largest absolute Gasteiger partial charge is 0.444 e. The normalized spacial score (nSPS) is 27.6. The van der Waals surface area contributed by atoms with Gasteiger partial charge in [-0.05, 0) is 41.0 Å². The van der Waals surface area contributed by atoms with Crippen LogP contribution in [0.4, 0.5) is 10.5 Å². The van der Waals surface area contributed by atoms with Crippen LogP contribution in [0.15, 0.2) is 28.7 Å². The van der Waals surface area contributed by atoms with Crippen LogP contribution < -0.4 is 10.2 Å². The van der Waals surface area contributed by atoms with Crippen LogP contribution in [0.5, 0.6) is 0 Å². The minimum Gasteiger partial charge on any atom is -0.444 e. The number of ether oxygens (including phenoxy) is 1. The molecule has 0 aromatic heterocycles. The number of halogens is 1. The second-order valence-electron chi connectivity index (χ2n) is 4.74. The molecule has 1 aromatic rings. The first-order valence-electron chi connectivity index (χ1n) is 6.19. The highest BCUT2D eigenvalue weighted by Gasteiger charge is 2.38.